The first kappa shape index (κ1) is 15.2. The molecular formula is C15H21BrN4. The molecule has 2 rings (SSSR count). The Hall–Kier alpha value is -1.17. The summed E-state index contributed by atoms with van der Waals surface area (Å²) in [5, 5.41) is 4.42. The lowest BCUT2D eigenvalue weighted by Gasteiger charge is -2.16. The van der Waals surface area contributed by atoms with E-state index in [2.05, 4.69) is 50.7 Å². The van der Waals surface area contributed by atoms with Crippen molar-refractivity contribution in [1.29, 1.82) is 0 Å². The Morgan fingerprint density at radius 2 is 2.05 bits per heavy atom. The van der Waals surface area contributed by atoms with Gasteiger partial charge in [-0.3, -0.25) is 16.0 Å². The minimum atomic E-state index is 0.237. The number of hydrazine groups is 1. The quantitative estimate of drug-likeness (QED) is 0.629. The Morgan fingerprint density at radius 3 is 2.60 bits per heavy atom. The molecule has 0 amide bonds. The fraction of sp³-hybridized carbons (Fsp3) is 0.400. The second kappa shape index (κ2) is 7.02. The van der Waals surface area contributed by atoms with Crippen LogP contribution in [-0.2, 0) is 19.9 Å². The summed E-state index contributed by atoms with van der Waals surface area (Å²) in [5.74, 6) is 5.70. The van der Waals surface area contributed by atoms with Gasteiger partial charge in [-0.05, 0) is 41.3 Å². The van der Waals surface area contributed by atoms with Gasteiger partial charge < -0.3 is 0 Å². The molecule has 0 aliphatic carbocycles. The number of benzene rings is 1. The van der Waals surface area contributed by atoms with Crippen LogP contribution in [0.5, 0.6) is 0 Å². The predicted octanol–water partition coefficient (Wildman–Crippen LogP) is 2.50. The normalized spacial score (nSPS) is 12.6. The molecule has 0 fully saturated rings. The van der Waals surface area contributed by atoms with Crippen molar-refractivity contribution in [2.24, 2.45) is 12.9 Å². The highest BCUT2D eigenvalue weighted by Gasteiger charge is 2.15. The Labute approximate surface area is 128 Å². The van der Waals surface area contributed by atoms with E-state index in [1.54, 1.807) is 0 Å². The maximum absolute atomic E-state index is 5.70. The lowest BCUT2D eigenvalue weighted by Crippen LogP contribution is -2.37. The smallest absolute Gasteiger partial charge is 0.0738 e. The van der Waals surface area contributed by atoms with Gasteiger partial charge in [-0.15, -0.1) is 0 Å². The molecule has 0 bridgehead atoms. The molecule has 108 valence electrons. The molecule has 0 saturated carbocycles. The number of nitrogens with zero attached hydrogens (tertiary/aromatic N) is 2. The second-order valence-electron chi connectivity index (χ2n) is 5.06. The van der Waals surface area contributed by atoms with Crippen LogP contribution >= 0.6 is 15.9 Å². The lowest BCUT2D eigenvalue weighted by molar-refractivity contribution is 0.477. The summed E-state index contributed by atoms with van der Waals surface area (Å²) < 4.78 is 3.01. The van der Waals surface area contributed by atoms with E-state index in [1.807, 2.05) is 24.7 Å². The number of aromatic nitrogens is 2. The SMILES string of the molecule is Cc1nn(C)c(CC(CCc2ccccc2)NN)c1Br. The van der Waals surface area contributed by atoms with Crippen molar-refractivity contribution in [3.8, 4) is 0 Å². The van der Waals surface area contributed by atoms with Crippen molar-refractivity contribution >= 4 is 15.9 Å². The maximum atomic E-state index is 5.70. The molecule has 0 spiro atoms. The Bertz CT molecular complexity index is 551. The molecule has 1 aromatic heterocycles. The third kappa shape index (κ3) is 3.69. The van der Waals surface area contributed by atoms with Gasteiger partial charge in [-0.1, -0.05) is 30.3 Å². The van der Waals surface area contributed by atoms with Gasteiger partial charge in [0.05, 0.1) is 15.9 Å². The average molecular weight is 337 g/mol. The van der Waals surface area contributed by atoms with Gasteiger partial charge in [0, 0.05) is 19.5 Å². The molecule has 1 heterocycles. The molecule has 1 atom stereocenters. The first-order valence-electron chi connectivity index (χ1n) is 6.80. The van der Waals surface area contributed by atoms with Gasteiger partial charge >= 0.3 is 0 Å². The van der Waals surface area contributed by atoms with Gasteiger partial charge in [-0.25, -0.2) is 0 Å². The highest BCUT2D eigenvalue weighted by Crippen LogP contribution is 2.22. The molecule has 5 heteroatoms. The van der Waals surface area contributed by atoms with Crippen molar-refractivity contribution in [1.82, 2.24) is 15.2 Å². The third-order valence-electron chi connectivity index (χ3n) is 3.56. The van der Waals surface area contributed by atoms with E-state index in [4.69, 9.17) is 5.84 Å². The molecular weight excluding hydrogens is 316 g/mol. The monoisotopic (exact) mass is 336 g/mol. The van der Waals surface area contributed by atoms with Gasteiger partial charge in [0.2, 0.25) is 0 Å². The highest BCUT2D eigenvalue weighted by molar-refractivity contribution is 9.10. The molecule has 2 aromatic rings. The zero-order chi connectivity index (χ0) is 14.5. The third-order valence-corrected chi connectivity index (χ3v) is 4.59. The number of hydrogen-bond acceptors (Lipinski definition) is 3. The zero-order valence-corrected chi connectivity index (χ0v) is 13.5. The summed E-state index contributed by atoms with van der Waals surface area (Å²) in [6.45, 7) is 2.00. The van der Waals surface area contributed by atoms with Crippen LogP contribution in [0.3, 0.4) is 0 Å². The first-order valence-corrected chi connectivity index (χ1v) is 7.59. The summed E-state index contributed by atoms with van der Waals surface area (Å²) in [6.07, 6.45) is 2.88. The summed E-state index contributed by atoms with van der Waals surface area (Å²) in [6, 6.07) is 10.7. The highest BCUT2D eigenvalue weighted by atomic mass is 79.9. The fourth-order valence-corrected chi connectivity index (χ4v) is 2.86. The lowest BCUT2D eigenvalue weighted by atomic mass is 10.0. The van der Waals surface area contributed by atoms with Crippen molar-refractivity contribution in [3.05, 3.63) is 51.8 Å². The van der Waals surface area contributed by atoms with Crippen molar-refractivity contribution in [2.75, 3.05) is 0 Å². The predicted molar refractivity (Wildman–Crippen MR) is 85.2 cm³/mol. The van der Waals surface area contributed by atoms with E-state index in [0.717, 1.165) is 29.4 Å². The van der Waals surface area contributed by atoms with Crippen LogP contribution in [0.15, 0.2) is 34.8 Å². The van der Waals surface area contributed by atoms with Crippen LogP contribution in [-0.4, -0.2) is 15.8 Å². The second-order valence-corrected chi connectivity index (χ2v) is 5.85. The van der Waals surface area contributed by atoms with Gasteiger partial charge in [0.25, 0.3) is 0 Å². The molecule has 0 radical (unpaired) electrons. The van der Waals surface area contributed by atoms with Crippen molar-refractivity contribution in [3.63, 3.8) is 0 Å². The van der Waals surface area contributed by atoms with E-state index in [0.29, 0.717) is 0 Å². The Balaban J connectivity index is 1.99. The molecule has 1 aromatic carbocycles. The molecule has 1 unspecified atom stereocenters. The summed E-state index contributed by atoms with van der Waals surface area (Å²) >= 11 is 3.60. The largest absolute Gasteiger partial charge is 0.271 e. The molecule has 0 aliphatic rings. The summed E-state index contributed by atoms with van der Waals surface area (Å²) in [5.41, 5.74) is 6.46. The van der Waals surface area contributed by atoms with Crippen molar-refractivity contribution < 1.29 is 0 Å². The van der Waals surface area contributed by atoms with Crippen LogP contribution < -0.4 is 11.3 Å². The van der Waals surface area contributed by atoms with E-state index >= 15 is 0 Å². The summed E-state index contributed by atoms with van der Waals surface area (Å²) in [4.78, 5) is 0. The Morgan fingerprint density at radius 1 is 1.35 bits per heavy atom. The van der Waals surface area contributed by atoms with E-state index in [1.165, 1.54) is 11.3 Å². The minimum Gasteiger partial charge on any atom is -0.271 e. The number of nitrogens with two attached hydrogens (primary N) is 1. The van der Waals surface area contributed by atoms with Crippen molar-refractivity contribution in [2.45, 2.75) is 32.2 Å². The molecule has 4 nitrogen and oxygen atoms in total. The molecule has 3 N–H and O–H groups in total. The van der Waals surface area contributed by atoms with Crippen LogP contribution in [0.1, 0.15) is 23.4 Å². The molecule has 0 aliphatic heterocycles. The molecule has 20 heavy (non-hydrogen) atoms. The van der Waals surface area contributed by atoms with Crippen LogP contribution in [0.25, 0.3) is 0 Å². The van der Waals surface area contributed by atoms with Crippen LogP contribution in [0.4, 0.5) is 0 Å². The number of hydrogen-bond donors (Lipinski definition) is 2. The van der Waals surface area contributed by atoms with E-state index in [-0.39, 0.29) is 6.04 Å². The summed E-state index contributed by atoms with van der Waals surface area (Å²) in [7, 11) is 1.97. The van der Waals surface area contributed by atoms with Gasteiger partial charge in [0.15, 0.2) is 0 Å². The Kier molecular flexibility index (Phi) is 5.34. The number of halogens is 1. The number of aryl methyl sites for hydroxylation is 3. The maximum Gasteiger partial charge on any atom is 0.0738 e. The first-order chi connectivity index (χ1) is 9.61. The number of rotatable bonds is 6. The van der Waals surface area contributed by atoms with E-state index < -0.39 is 0 Å². The van der Waals surface area contributed by atoms with Gasteiger partial charge in [-0.2, -0.15) is 5.10 Å². The minimum absolute atomic E-state index is 0.237. The zero-order valence-electron chi connectivity index (χ0n) is 11.9. The number of nitrogens with one attached hydrogen (secondary N) is 1. The van der Waals surface area contributed by atoms with Crippen LogP contribution in [0, 0.1) is 6.92 Å². The molecule has 0 saturated heterocycles. The topological polar surface area (TPSA) is 55.9 Å². The van der Waals surface area contributed by atoms with E-state index in [9.17, 15) is 0 Å². The van der Waals surface area contributed by atoms with Crippen LogP contribution in [0.2, 0.25) is 0 Å². The fourth-order valence-electron chi connectivity index (χ4n) is 2.37. The average Bonchev–Trinajstić information content (AvgIpc) is 2.70. The standard InChI is InChI=1S/C15H21BrN4/c1-11-15(16)14(20(2)19-11)10-13(18-17)9-8-12-6-4-3-5-7-12/h3-7,13,18H,8-10,17H2,1-2H3. The van der Waals surface area contributed by atoms with Gasteiger partial charge in [0.1, 0.15) is 0 Å².